The first kappa shape index (κ1) is 19.8. The van der Waals surface area contributed by atoms with Gasteiger partial charge in [-0.05, 0) is 23.2 Å². The van der Waals surface area contributed by atoms with Crippen LogP contribution in [0.25, 0.3) is 0 Å². The van der Waals surface area contributed by atoms with Gasteiger partial charge in [-0.3, -0.25) is 0 Å². The van der Waals surface area contributed by atoms with Crippen molar-refractivity contribution in [2.24, 2.45) is 16.7 Å². The van der Waals surface area contributed by atoms with Crippen LogP contribution in [0.3, 0.4) is 0 Å². The third-order valence-corrected chi connectivity index (χ3v) is 3.38. The normalized spacial score (nSPS) is 16.2. The molecule has 4 heteroatoms. The molecule has 0 saturated carbocycles. The first-order chi connectivity index (χ1) is 9.06. The number of aliphatic hydroxyl groups excluding tert-OH is 2. The maximum Gasteiger partial charge on any atom is 0.0897 e. The van der Waals surface area contributed by atoms with Crippen LogP contribution in [-0.2, 0) is 4.74 Å². The van der Waals surface area contributed by atoms with Crippen LogP contribution in [0.1, 0.15) is 48.0 Å². The van der Waals surface area contributed by atoms with Crippen molar-refractivity contribution < 1.29 is 14.9 Å². The fourth-order valence-electron chi connectivity index (χ4n) is 2.11. The fourth-order valence-corrected chi connectivity index (χ4v) is 2.11. The van der Waals surface area contributed by atoms with Crippen LogP contribution in [0.4, 0.5) is 0 Å². The Hall–Kier alpha value is -0.160. The highest BCUT2D eigenvalue weighted by Crippen LogP contribution is 2.36. The monoisotopic (exact) mass is 289 g/mol. The number of ether oxygens (including phenoxy) is 1. The first-order valence-electron chi connectivity index (χ1n) is 7.63. The summed E-state index contributed by atoms with van der Waals surface area (Å²) in [5.74, 6) is 0.472. The standard InChI is InChI=1S/C16H35NO3/c1-15(2,3)9-13(16(4,5)6)11-20-12-14(19)10-17-7-8-18/h13-14,17-19H,7-12H2,1-6H3. The Labute approximate surface area is 124 Å². The average molecular weight is 289 g/mol. The lowest BCUT2D eigenvalue weighted by atomic mass is 9.72. The zero-order valence-corrected chi connectivity index (χ0v) is 14.2. The Bertz CT molecular complexity index is 243. The highest BCUT2D eigenvalue weighted by Gasteiger charge is 2.29. The molecule has 3 N–H and O–H groups in total. The van der Waals surface area contributed by atoms with Gasteiger partial charge >= 0.3 is 0 Å². The van der Waals surface area contributed by atoms with Gasteiger partial charge in [-0.15, -0.1) is 0 Å². The zero-order chi connectivity index (χ0) is 15.8. The van der Waals surface area contributed by atoms with E-state index in [9.17, 15) is 5.11 Å². The smallest absolute Gasteiger partial charge is 0.0897 e. The van der Waals surface area contributed by atoms with Gasteiger partial charge in [0.1, 0.15) is 0 Å². The first-order valence-corrected chi connectivity index (χ1v) is 7.63. The summed E-state index contributed by atoms with van der Waals surface area (Å²) in [4.78, 5) is 0. The van der Waals surface area contributed by atoms with Gasteiger partial charge in [0.25, 0.3) is 0 Å². The molecular formula is C16H35NO3. The summed E-state index contributed by atoms with van der Waals surface area (Å²) >= 11 is 0. The number of rotatable bonds is 9. The molecular weight excluding hydrogens is 254 g/mol. The highest BCUT2D eigenvalue weighted by molar-refractivity contribution is 4.79. The zero-order valence-electron chi connectivity index (χ0n) is 14.2. The Kier molecular flexibility index (Phi) is 8.91. The number of hydrogen-bond acceptors (Lipinski definition) is 4. The molecule has 0 aliphatic heterocycles. The van der Waals surface area contributed by atoms with E-state index in [0.717, 1.165) is 6.42 Å². The van der Waals surface area contributed by atoms with E-state index < -0.39 is 6.10 Å². The van der Waals surface area contributed by atoms with Crippen LogP contribution < -0.4 is 5.32 Å². The molecule has 0 aromatic rings. The molecule has 0 fully saturated rings. The molecule has 2 unspecified atom stereocenters. The molecule has 0 aliphatic rings. The average Bonchev–Trinajstić information content (AvgIpc) is 2.25. The van der Waals surface area contributed by atoms with Gasteiger partial charge in [0.05, 0.1) is 25.9 Å². The molecule has 0 saturated heterocycles. The minimum absolute atomic E-state index is 0.0885. The lowest BCUT2D eigenvalue weighted by Crippen LogP contribution is -2.34. The summed E-state index contributed by atoms with van der Waals surface area (Å²) in [5.41, 5.74) is 0.482. The van der Waals surface area contributed by atoms with Gasteiger partial charge < -0.3 is 20.3 Å². The van der Waals surface area contributed by atoms with Crippen molar-refractivity contribution in [1.29, 1.82) is 0 Å². The molecule has 0 aromatic carbocycles. The second-order valence-electron chi connectivity index (χ2n) is 7.95. The van der Waals surface area contributed by atoms with Crippen molar-refractivity contribution in [3.8, 4) is 0 Å². The topological polar surface area (TPSA) is 61.7 Å². The van der Waals surface area contributed by atoms with Crippen molar-refractivity contribution in [2.75, 3.05) is 32.9 Å². The number of nitrogens with one attached hydrogen (secondary N) is 1. The molecule has 122 valence electrons. The van der Waals surface area contributed by atoms with E-state index in [1.54, 1.807) is 0 Å². The maximum atomic E-state index is 9.75. The van der Waals surface area contributed by atoms with Gasteiger partial charge in [0.2, 0.25) is 0 Å². The summed E-state index contributed by atoms with van der Waals surface area (Å²) in [6, 6.07) is 0. The molecule has 20 heavy (non-hydrogen) atoms. The van der Waals surface area contributed by atoms with Gasteiger partial charge in [0.15, 0.2) is 0 Å². The van der Waals surface area contributed by atoms with E-state index >= 15 is 0 Å². The van der Waals surface area contributed by atoms with E-state index in [4.69, 9.17) is 9.84 Å². The van der Waals surface area contributed by atoms with Crippen LogP contribution in [-0.4, -0.2) is 49.2 Å². The van der Waals surface area contributed by atoms with Crippen molar-refractivity contribution in [3.05, 3.63) is 0 Å². The van der Waals surface area contributed by atoms with E-state index in [0.29, 0.717) is 32.2 Å². The second kappa shape index (κ2) is 8.98. The minimum atomic E-state index is -0.517. The molecule has 0 heterocycles. The summed E-state index contributed by atoms with van der Waals surface area (Å²) in [6.07, 6.45) is 0.590. The summed E-state index contributed by atoms with van der Waals surface area (Å²) in [7, 11) is 0. The molecule has 0 aliphatic carbocycles. The molecule has 0 bridgehead atoms. The van der Waals surface area contributed by atoms with Crippen LogP contribution in [0.5, 0.6) is 0 Å². The summed E-state index contributed by atoms with van der Waals surface area (Å²) < 4.78 is 5.71. The molecule has 0 radical (unpaired) electrons. The highest BCUT2D eigenvalue weighted by atomic mass is 16.5. The number of hydrogen-bond donors (Lipinski definition) is 3. The van der Waals surface area contributed by atoms with Gasteiger partial charge in [-0.1, -0.05) is 41.5 Å². The Balaban J connectivity index is 4.08. The predicted molar refractivity (Wildman–Crippen MR) is 83.8 cm³/mol. The quantitative estimate of drug-likeness (QED) is 0.569. The third-order valence-electron chi connectivity index (χ3n) is 3.38. The molecule has 0 aromatic heterocycles. The molecule has 2 atom stereocenters. The van der Waals surface area contributed by atoms with Gasteiger partial charge in [-0.25, -0.2) is 0 Å². The summed E-state index contributed by atoms with van der Waals surface area (Å²) in [5, 5.41) is 21.4. The van der Waals surface area contributed by atoms with Crippen molar-refractivity contribution in [3.63, 3.8) is 0 Å². The van der Waals surface area contributed by atoms with Crippen LogP contribution >= 0.6 is 0 Å². The Morgan fingerprint density at radius 3 is 2.10 bits per heavy atom. The lowest BCUT2D eigenvalue weighted by molar-refractivity contribution is -0.00864. The third kappa shape index (κ3) is 10.6. The molecule has 0 rings (SSSR count). The van der Waals surface area contributed by atoms with Gasteiger partial charge in [0, 0.05) is 13.1 Å². The lowest BCUT2D eigenvalue weighted by Gasteiger charge is -2.35. The SMILES string of the molecule is CC(C)(C)CC(COCC(O)CNCCO)C(C)(C)C. The second-order valence-corrected chi connectivity index (χ2v) is 7.95. The molecule has 4 nitrogen and oxygen atoms in total. The summed E-state index contributed by atoms with van der Waals surface area (Å²) in [6.45, 7) is 15.5. The van der Waals surface area contributed by atoms with E-state index in [1.807, 2.05) is 0 Å². The van der Waals surface area contributed by atoms with Crippen LogP contribution in [0.15, 0.2) is 0 Å². The molecule has 0 spiro atoms. The largest absolute Gasteiger partial charge is 0.395 e. The van der Waals surface area contributed by atoms with E-state index in [2.05, 4.69) is 46.9 Å². The Morgan fingerprint density at radius 2 is 1.65 bits per heavy atom. The van der Waals surface area contributed by atoms with E-state index in [-0.39, 0.29) is 17.4 Å². The number of aliphatic hydroxyl groups is 2. The fraction of sp³-hybridized carbons (Fsp3) is 1.00. The Morgan fingerprint density at radius 1 is 1.05 bits per heavy atom. The molecule has 0 amide bonds. The van der Waals surface area contributed by atoms with Crippen molar-refractivity contribution in [2.45, 2.75) is 54.1 Å². The maximum absolute atomic E-state index is 9.75. The van der Waals surface area contributed by atoms with E-state index in [1.165, 1.54) is 0 Å². The van der Waals surface area contributed by atoms with Crippen LogP contribution in [0, 0.1) is 16.7 Å². The van der Waals surface area contributed by atoms with Crippen molar-refractivity contribution in [1.82, 2.24) is 5.32 Å². The predicted octanol–water partition coefficient (Wildman–Crippen LogP) is 2.04. The van der Waals surface area contributed by atoms with Crippen molar-refractivity contribution >= 4 is 0 Å². The minimum Gasteiger partial charge on any atom is -0.395 e. The van der Waals surface area contributed by atoms with Gasteiger partial charge in [-0.2, -0.15) is 0 Å². The van der Waals surface area contributed by atoms with Crippen LogP contribution in [0.2, 0.25) is 0 Å².